The topological polar surface area (TPSA) is 52.0 Å². The summed E-state index contributed by atoms with van der Waals surface area (Å²) >= 11 is 3.47. The molecule has 0 amide bonds. The minimum atomic E-state index is 0.704. The van der Waals surface area contributed by atoms with Gasteiger partial charge < -0.3 is 10.1 Å². The summed E-state index contributed by atoms with van der Waals surface area (Å²) in [5.41, 5.74) is 2.19. The van der Waals surface area contributed by atoms with Crippen LogP contribution in [0.5, 0.6) is 0 Å². The van der Waals surface area contributed by atoms with Crippen molar-refractivity contribution in [3.8, 4) is 5.69 Å². The maximum Gasteiger partial charge on any atom is 0.138 e. The zero-order valence-corrected chi connectivity index (χ0v) is 11.7. The molecule has 5 nitrogen and oxygen atoms in total. The van der Waals surface area contributed by atoms with Crippen molar-refractivity contribution >= 4 is 15.9 Å². The van der Waals surface area contributed by atoms with Gasteiger partial charge in [0.25, 0.3) is 0 Å². The van der Waals surface area contributed by atoms with E-state index < -0.39 is 0 Å². The van der Waals surface area contributed by atoms with Crippen molar-refractivity contribution in [2.75, 3.05) is 20.3 Å². The quantitative estimate of drug-likeness (QED) is 0.826. The van der Waals surface area contributed by atoms with E-state index >= 15 is 0 Å². The molecule has 1 aromatic carbocycles. The van der Waals surface area contributed by atoms with E-state index in [1.807, 2.05) is 12.1 Å². The summed E-state index contributed by atoms with van der Waals surface area (Å²) < 4.78 is 7.79. The number of nitrogens with one attached hydrogen (secondary N) is 1. The number of nitrogens with zero attached hydrogens (tertiary/aromatic N) is 3. The number of ether oxygens (including phenoxy) is 1. The van der Waals surface area contributed by atoms with Gasteiger partial charge in [0.1, 0.15) is 12.7 Å². The number of benzene rings is 1. The fourth-order valence-electron chi connectivity index (χ4n) is 1.63. The molecule has 0 radical (unpaired) electrons. The second kappa shape index (κ2) is 6.63. The number of hydrogen-bond acceptors (Lipinski definition) is 4. The molecule has 6 heteroatoms. The Morgan fingerprint density at radius 1 is 1.44 bits per heavy atom. The molecule has 0 saturated carbocycles. The van der Waals surface area contributed by atoms with Gasteiger partial charge in [0.15, 0.2) is 0 Å². The molecule has 0 bridgehead atoms. The molecule has 18 heavy (non-hydrogen) atoms. The van der Waals surface area contributed by atoms with Crippen LogP contribution in [0.15, 0.2) is 35.3 Å². The molecule has 0 aliphatic rings. The highest BCUT2D eigenvalue weighted by molar-refractivity contribution is 9.10. The van der Waals surface area contributed by atoms with Crippen LogP contribution in [0.25, 0.3) is 5.69 Å². The highest BCUT2D eigenvalue weighted by Gasteiger charge is 2.05. The van der Waals surface area contributed by atoms with E-state index in [1.165, 1.54) is 11.9 Å². The molecule has 1 aromatic heterocycles. The molecule has 1 heterocycles. The molecule has 96 valence electrons. The van der Waals surface area contributed by atoms with Crippen LogP contribution in [0, 0.1) is 0 Å². The number of hydrogen-bond donors (Lipinski definition) is 1. The molecule has 0 fully saturated rings. The molecule has 0 aliphatic heterocycles. The minimum Gasteiger partial charge on any atom is -0.383 e. The van der Waals surface area contributed by atoms with Crippen LogP contribution in [0.3, 0.4) is 0 Å². The van der Waals surface area contributed by atoms with Crippen molar-refractivity contribution in [2.45, 2.75) is 6.54 Å². The summed E-state index contributed by atoms with van der Waals surface area (Å²) in [4.78, 5) is 3.98. The van der Waals surface area contributed by atoms with Gasteiger partial charge in [0, 0.05) is 24.7 Å². The van der Waals surface area contributed by atoms with Crippen LogP contribution in [0.1, 0.15) is 5.56 Å². The molecule has 0 aliphatic carbocycles. The van der Waals surface area contributed by atoms with Crippen LogP contribution in [-0.4, -0.2) is 35.0 Å². The van der Waals surface area contributed by atoms with Crippen LogP contribution in [0.2, 0.25) is 0 Å². The first kappa shape index (κ1) is 13.2. The second-order valence-corrected chi connectivity index (χ2v) is 4.70. The predicted molar refractivity (Wildman–Crippen MR) is 72.6 cm³/mol. The monoisotopic (exact) mass is 310 g/mol. The Labute approximate surface area is 114 Å². The molecule has 0 unspecified atom stereocenters. The van der Waals surface area contributed by atoms with Crippen LogP contribution in [-0.2, 0) is 11.3 Å². The first-order chi connectivity index (χ1) is 8.81. The van der Waals surface area contributed by atoms with E-state index in [4.69, 9.17) is 4.74 Å². The van der Waals surface area contributed by atoms with Crippen molar-refractivity contribution in [2.24, 2.45) is 0 Å². The van der Waals surface area contributed by atoms with Crippen LogP contribution in [0.4, 0.5) is 0 Å². The van der Waals surface area contributed by atoms with Gasteiger partial charge in [-0.1, -0.05) is 22.0 Å². The van der Waals surface area contributed by atoms with Gasteiger partial charge in [-0.2, -0.15) is 5.10 Å². The Bertz CT molecular complexity index is 487. The smallest absolute Gasteiger partial charge is 0.138 e. The van der Waals surface area contributed by atoms with Crippen molar-refractivity contribution in [3.05, 3.63) is 40.9 Å². The molecule has 0 spiro atoms. The lowest BCUT2D eigenvalue weighted by Crippen LogP contribution is -2.19. The third-order valence-electron chi connectivity index (χ3n) is 2.51. The summed E-state index contributed by atoms with van der Waals surface area (Å²) in [6.45, 7) is 2.30. The second-order valence-electron chi connectivity index (χ2n) is 3.78. The average molecular weight is 311 g/mol. The van der Waals surface area contributed by atoms with Gasteiger partial charge in [0.2, 0.25) is 0 Å². The Kier molecular flexibility index (Phi) is 4.86. The van der Waals surface area contributed by atoms with E-state index in [-0.39, 0.29) is 0 Å². The fourth-order valence-corrected chi connectivity index (χ4v) is 1.98. The summed E-state index contributed by atoms with van der Waals surface area (Å²) in [6, 6.07) is 6.12. The van der Waals surface area contributed by atoms with Crippen LogP contribution < -0.4 is 5.32 Å². The Morgan fingerprint density at radius 2 is 2.33 bits per heavy atom. The highest BCUT2D eigenvalue weighted by Crippen LogP contribution is 2.19. The van der Waals surface area contributed by atoms with Crippen molar-refractivity contribution in [3.63, 3.8) is 0 Å². The summed E-state index contributed by atoms with van der Waals surface area (Å²) in [5, 5.41) is 7.49. The van der Waals surface area contributed by atoms with E-state index in [0.29, 0.717) is 6.61 Å². The molecule has 2 aromatic rings. The largest absolute Gasteiger partial charge is 0.383 e. The lowest BCUT2D eigenvalue weighted by molar-refractivity contribution is 0.199. The van der Waals surface area contributed by atoms with E-state index in [0.717, 1.165) is 23.2 Å². The summed E-state index contributed by atoms with van der Waals surface area (Å²) in [6.07, 6.45) is 3.23. The highest BCUT2D eigenvalue weighted by atomic mass is 79.9. The molecule has 0 saturated heterocycles. The fraction of sp³-hybridized carbons (Fsp3) is 0.333. The Hall–Kier alpha value is -1.24. The number of aromatic nitrogens is 3. The summed E-state index contributed by atoms with van der Waals surface area (Å²) in [7, 11) is 1.70. The van der Waals surface area contributed by atoms with E-state index in [2.05, 4.69) is 37.4 Å². The van der Waals surface area contributed by atoms with Crippen LogP contribution >= 0.6 is 15.9 Å². The standard InChI is InChI=1S/C12H15BrN4O/c1-18-5-4-14-7-10-2-3-11(13)6-12(10)17-9-15-8-16-17/h2-3,6,8-9,14H,4-5,7H2,1H3. The van der Waals surface area contributed by atoms with Gasteiger partial charge in [-0.25, -0.2) is 9.67 Å². The SMILES string of the molecule is COCCNCc1ccc(Br)cc1-n1cncn1. The zero-order valence-electron chi connectivity index (χ0n) is 10.1. The molecular formula is C12H15BrN4O. The van der Waals surface area contributed by atoms with Crippen molar-refractivity contribution < 1.29 is 4.74 Å². The third-order valence-corrected chi connectivity index (χ3v) is 3.00. The lowest BCUT2D eigenvalue weighted by Gasteiger charge is -2.10. The number of methoxy groups -OCH3 is 1. The predicted octanol–water partition coefficient (Wildman–Crippen LogP) is 1.77. The minimum absolute atomic E-state index is 0.704. The zero-order chi connectivity index (χ0) is 12.8. The third kappa shape index (κ3) is 3.38. The Morgan fingerprint density at radius 3 is 3.06 bits per heavy atom. The van der Waals surface area contributed by atoms with Gasteiger partial charge >= 0.3 is 0 Å². The molecule has 1 N–H and O–H groups in total. The van der Waals surface area contributed by atoms with Gasteiger partial charge in [-0.3, -0.25) is 0 Å². The molecule has 0 atom stereocenters. The maximum atomic E-state index is 5.00. The van der Waals surface area contributed by atoms with E-state index in [1.54, 1.807) is 18.1 Å². The van der Waals surface area contributed by atoms with Gasteiger partial charge in [0.05, 0.1) is 12.3 Å². The summed E-state index contributed by atoms with van der Waals surface area (Å²) in [5.74, 6) is 0. The maximum absolute atomic E-state index is 5.00. The normalized spacial score (nSPS) is 10.8. The first-order valence-corrected chi connectivity index (χ1v) is 6.43. The van der Waals surface area contributed by atoms with Crippen molar-refractivity contribution in [1.82, 2.24) is 20.1 Å². The van der Waals surface area contributed by atoms with Gasteiger partial charge in [-0.05, 0) is 17.7 Å². The van der Waals surface area contributed by atoms with E-state index in [9.17, 15) is 0 Å². The first-order valence-electron chi connectivity index (χ1n) is 5.64. The number of rotatable bonds is 6. The average Bonchev–Trinajstić information content (AvgIpc) is 2.90. The molecule has 2 rings (SSSR count). The molecular weight excluding hydrogens is 296 g/mol. The Balaban J connectivity index is 2.14. The lowest BCUT2D eigenvalue weighted by atomic mass is 10.2. The van der Waals surface area contributed by atoms with Gasteiger partial charge in [-0.15, -0.1) is 0 Å². The van der Waals surface area contributed by atoms with Crippen molar-refractivity contribution in [1.29, 1.82) is 0 Å². The number of halogens is 1.